The van der Waals surface area contributed by atoms with Gasteiger partial charge in [-0.2, -0.15) is 0 Å². The van der Waals surface area contributed by atoms with Crippen LogP contribution in [0.5, 0.6) is 0 Å². The van der Waals surface area contributed by atoms with Gasteiger partial charge in [0, 0.05) is 24.4 Å². The van der Waals surface area contributed by atoms with Gasteiger partial charge in [-0.1, -0.05) is 36.4 Å². The molecule has 3 aliphatic heterocycles. The summed E-state index contributed by atoms with van der Waals surface area (Å²) in [5, 5.41) is 0. The largest absolute Gasteiger partial charge is 0.454 e. The molecule has 32 heavy (non-hydrogen) atoms. The van der Waals surface area contributed by atoms with Gasteiger partial charge in [-0.3, -0.25) is 0 Å². The second-order valence-corrected chi connectivity index (χ2v) is 10.9. The molecular formula is C26H29NO4P+. The summed E-state index contributed by atoms with van der Waals surface area (Å²) in [5.41, 5.74) is 1.36. The van der Waals surface area contributed by atoms with Crippen molar-refractivity contribution in [3.05, 3.63) is 71.8 Å². The Morgan fingerprint density at radius 1 is 0.781 bits per heavy atom. The average molecular weight is 450 g/mol. The highest BCUT2D eigenvalue weighted by Crippen LogP contribution is 2.64. The predicted molar refractivity (Wildman–Crippen MR) is 123 cm³/mol. The second-order valence-electron chi connectivity index (χ2n) is 9.70. The number of carbonyl (C=O) groups excluding carboxylic acids is 2. The van der Waals surface area contributed by atoms with Gasteiger partial charge in [0.2, 0.25) is 0 Å². The van der Waals surface area contributed by atoms with E-state index in [0.717, 1.165) is 0 Å². The lowest BCUT2D eigenvalue weighted by Crippen LogP contribution is -2.45. The Balaban J connectivity index is 1.33. The molecule has 6 rings (SSSR count). The van der Waals surface area contributed by atoms with Crippen LogP contribution in [-0.2, 0) is 9.47 Å². The van der Waals surface area contributed by atoms with Gasteiger partial charge in [-0.15, -0.1) is 8.58 Å². The summed E-state index contributed by atoms with van der Waals surface area (Å²) in [4.78, 5) is 26.1. The first kappa shape index (κ1) is 20.4. The highest BCUT2D eigenvalue weighted by molar-refractivity contribution is 7.38. The van der Waals surface area contributed by atoms with Crippen molar-refractivity contribution in [3.63, 3.8) is 0 Å². The lowest BCUT2D eigenvalue weighted by Gasteiger charge is -2.30. The van der Waals surface area contributed by atoms with Crippen LogP contribution in [0.3, 0.4) is 0 Å². The molecule has 2 bridgehead atoms. The number of nitrogens with zero attached hydrogens (tertiary/aromatic N) is 1. The normalized spacial score (nSPS) is 35.8. The summed E-state index contributed by atoms with van der Waals surface area (Å²) in [6, 6.07) is 19.5. The zero-order valence-electron chi connectivity index (χ0n) is 18.2. The van der Waals surface area contributed by atoms with Gasteiger partial charge >= 0.3 is 11.9 Å². The molecule has 1 saturated carbocycles. The molecule has 5 nitrogen and oxygen atoms in total. The molecule has 0 aromatic heterocycles. The topological polar surface area (TPSA) is 52.6 Å². The van der Waals surface area contributed by atoms with E-state index in [-0.39, 0.29) is 35.7 Å². The number of carbonyl (C=O) groups is 2. The van der Waals surface area contributed by atoms with Crippen molar-refractivity contribution in [2.45, 2.75) is 42.8 Å². The molecule has 1 aliphatic carbocycles. The Bertz CT molecular complexity index is 1020. The minimum atomic E-state index is -0.378. The smallest absolute Gasteiger partial charge is 0.338 e. The van der Waals surface area contributed by atoms with Crippen LogP contribution in [0.25, 0.3) is 0 Å². The van der Waals surface area contributed by atoms with E-state index in [0.29, 0.717) is 37.7 Å². The third-order valence-electron chi connectivity index (χ3n) is 8.46. The second kappa shape index (κ2) is 7.67. The summed E-state index contributed by atoms with van der Waals surface area (Å²) >= 11 is 0. The molecule has 6 heteroatoms. The minimum Gasteiger partial charge on any atom is -0.454 e. The van der Waals surface area contributed by atoms with E-state index in [1.165, 1.54) is 30.4 Å². The molecule has 2 aromatic rings. The van der Waals surface area contributed by atoms with Crippen LogP contribution >= 0.6 is 8.58 Å². The molecule has 0 radical (unpaired) electrons. The fourth-order valence-corrected chi connectivity index (χ4v) is 8.61. The SMILES string of the molecule is CPC1C(OC(=O)c2ccccc2)C(OC(=O)c2ccccc2)C2C1C1CCC2[N+]12CC2. The minimum absolute atomic E-state index is 0.257. The summed E-state index contributed by atoms with van der Waals surface area (Å²) in [6.07, 6.45) is 1.70. The van der Waals surface area contributed by atoms with Crippen LogP contribution < -0.4 is 0 Å². The van der Waals surface area contributed by atoms with Crippen LogP contribution in [0.1, 0.15) is 33.6 Å². The molecule has 2 aromatic carbocycles. The van der Waals surface area contributed by atoms with Crippen LogP contribution in [0.4, 0.5) is 0 Å². The van der Waals surface area contributed by atoms with Crippen molar-refractivity contribution in [2.24, 2.45) is 11.8 Å². The van der Waals surface area contributed by atoms with E-state index in [2.05, 4.69) is 6.66 Å². The standard InChI is InChI=1S/C26H29NO4P/c1-32-24-21-19-13-12-18(27(19)14-15-27)20(21)22(30-25(28)16-8-4-2-5-9-16)23(24)31-26(29)17-10-6-3-7-11-17/h2-11,18-24,32H,12-15H2,1H3/q+1. The molecule has 0 amide bonds. The maximum Gasteiger partial charge on any atom is 0.338 e. The molecule has 0 N–H and O–H groups in total. The third kappa shape index (κ3) is 2.98. The average Bonchev–Trinajstić information content (AvgIpc) is 3.41. The Labute approximate surface area is 190 Å². The summed E-state index contributed by atoms with van der Waals surface area (Å²) in [5.74, 6) is 0.134. The lowest BCUT2D eigenvalue weighted by atomic mass is 9.81. The number of benzene rings is 2. The predicted octanol–water partition coefficient (Wildman–Crippen LogP) is 3.74. The Morgan fingerprint density at radius 2 is 1.28 bits per heavy atom. The van der Waals surface area contributed by atoms with Gasteiger partial charge < -0.3 is 14.0 Å². The third-order valence-corrected chi connectivity index (χ3v) is 9.84. The molecule has 8 unspecified atom stereocenters. The fraction of sp³-hybridized carbons (Fsp3) is 0.462. The summed E-state index contributed by atoms with van der Waals surface area (Å²) in [6.45, 7) is 4.73. The lowest BCUT2D eigenvalue weighted by molar-refractivity contribution is -0.827. The van der Waals surface area contributed by atoms with Crippen LogP contribution in [-0.4, -0.2) is 66.1 Å². The van der Waals surface area contributed by atoms with Crippen LogP contribution in [0.2, 0.25) is 0 Å². The number of fused-ring (bicyclic) bond motifs is 3. The van der Waals surface area contributed by atoms with Crippen molar-refractivity contribution in [1.29, 1.82) is 0 Å². The molecule has 4 aliphatic rings. The number of esters is 2. The first-order valence-corrected chi connectivity index (χ1v) is 13.3. The van der Waals surface area contributed by atoms with Crippen LogP contribution in [0.15, 0.2) is 60.7 Å². The molecule has 166 valence electrons. The van der Waals surface area contributed by atoms with E-state index in [4.69, 9.17) is 9.47 Å². The first-order chi connectivity index (χ1) is 15.6. The van der Waals surface area contributed by atoms with Crippen molar-refractivity contribution in [2.75, 3.05) is 19.8 Å². The summed E-state index contributed by atoms with van der Waals surface area (Å²) in [7, 11) is 0.646. The molecule has 3 heterocycles. The van der Waals surface area contributed by atoms with Gasteiger partial charge in [0.1, 0.15) is 25.3 Å². The number of ether oxygens (including phenoxy) is 2. The molecule has 4 fully saturated rings. The highest BCUT2D eigenvalue weighted by atomic mass is 31.1. The van der Waals surface area contributed by atoms with E-state index < -0.39 is 0 Å². The van der Waals surface area contributed by atoms with Gasteiger partial charge in [-0.25, -0.2) is 9.59 Å². The van der Waals surface area contributed by atoms with E-state index in [9.17, 15) is 9.59 Å². The number of rotatable bonds is 5. The van der Waals surface area contributed by atoms with E-state index >= 15 is 0 Å². The number of hydrogen-bond donors (Lipinski definition) is 0. The maximum atomic E-state index is 13.1. The fourth-order valence-electron chi connectivity index (χ4n) is 7.20. The highest BCUT2D eigenvalue weighted by Gasteiger charge is 2.77. The van der Waals surface area contributed by atoms with Crippen molar-refractivity contribution in [1.82, 2.24) is 0 Å². The van der Waals surface area contributed by atoms with Gasteiger partial charge in [-0.05, 0) is 30.9 Å². The first-order valence-electron chi connectivity index (χ1n) is 11.7. The van der Waals surface area contributed by atoms with E-state index in [1.54, 1.807) is 24.3 Å². The van der Waals surface area contributed by atoms with E-state index in [1.807, 2.05) is 36.4 Å². The zero-order valence-corrected chi connectivity index (χ0v) is 19.2. The zero-order chi connectivity index (χ0) is 21.9. The number of hydrogen-bond acceptors (Lipinski definition) is 4. The monoisotopic (exact) mass is 450 g/mol. The van der Waals surface area contributed by atoms with Gasteiger partial charge in [0.15, 0.2) is 0 Å². The maximum absolute atomic E-state index is 13.1. The van der Waals surface area contributed by atoms with Crippen molar-refractivity contribution >= 4 is 20.5 Å². The Hall–Kier alpha value is -2.23. The molecule has 1 spiro atoms. The Morgan fingerprint density at radius 3 is 1.78 bits per heavy atom. The van der Waals surface area contributed by atoms with Gasteiger partial charge in [0.05, 0.1) is 29.1 Å². The Kier molecular flexibility index (Phi) is 4.89. The van der Waals surface area contributed by atoms with Gasteiger partial charge in [0.25, 0.3) is 0 Å². The molecule has 3 saturated heterocycles. The number of quaternary nitrogens is 1. The quantitative estimate of drug-likeness (QED) is 0.302. The summed E-state index contributed by atoms with van der Waals surface area (Å²) < 4.78 is 13.7. The van der Waals surface area contributed by atoms with Crippen LogP contribution in [0, 0.1) is 11.8 Å². The van der Waals surface area contributed by atoms with Crippen molar-refractivity contribution < 1.29 is 23.5 Å². The van der Waals surface area contributed by atoms with Crippen molar-refractivity contribution in [3.8, 4) is 0 Å². The molecular weight excluding hydrogens is 421 g/mol. The molecule has 8 atom stereocenters.